The van der Waals surface area contributed by atoms with E-state index in [-0.39, 0.29) is 22.3 Å². The first-order valence-electron chi connectivity index (χ1n) is 10.2. The summed E-state index contributed by atoms with van der Waals surface area (Å²) in [6.07, 6.45) is -1.22. The van der Waals surface area contributed by atoms with Gasteiger partial charge in [-0.25, -0.2) is 4.39 Å². The molecule has 1 aromatic heterocycles. The van der Waals surface area contributed by atoms with Crippen LogP contribution in [0.5, 0.6) is 17.2 Å². The summed E-state index contributed by atoms with van der Waals surface area (Å²) in [5.41, 5.74) is 2.55. The van der Waals surface area contributed by atoms with Crippen LogP contribution in [0.15, 0.2) is 47.3 Å². The van der Waals surface area contributed by atoms with Gasteiger partial charge in [-0.05, 0) is 41.7 Å². The molecule has 0 aliphatic carbocycles. The Morgan fingerprint density at radius 1 is 1.06 bits per heavy atom. The predicted molar refractivity (Wildman–Crippen MR) is 121 cm³/mol. The Labute approximate surface area is 186 Å². The van der Waals surface area contributed by atoms with Crippen LogP contribution in [0, 0.1) is 12.7 Å². The molecule has 0 saturated heterocycles. The second-order valence-corrected chi connectivity index (χ2v) is 8.70. The average molecular weight is 441 g/mol. The number of aromatic amines is 1. The van der Waals surface area contributed by atoms with Gasteiger partial charge in [-0.15, -0.1) is 0 Å². The van der Waals surface area contributed by atoms with Gasteiger partial charge in [-0.1, -0.05) is 26.8 Å². The molecule has 6 nitrogen and oxygen atoms in total. The second kappa shape index (κ2) is 9.14. The van der Waals surface area contributed by atoms with Crippen LogP contribution >= 0.6 is 0 Å². The van der Waals surface area contributed by atoms with Gasteiger partial charge in [-0.2, -0.15) is 0 Å². The first kappa shape index (κ1) is 23.5. The smallest absolute Gasteiger partial charge is 0.182 e. The lowest BCUT2D eigenvalue weighted by atomic mass is 9.84. The van der Waals surface area contributed by atoms with E-state index in [1.54, 1.807) is 0 Å². The number of ether oxygens (including phenoxy) is 2. The van der Waals surface area contributed by atoms with Crippen LogP contribution in [0.2, 0.25) is 0 Å². The van der Waals surface area contributed by atoms with Crippen LogP contribution in [-0.4, -0.2) is 28.9 Å². The van der Waals surface area contributed by atoms with E-state index in [0.29, 0.717) is 22.8 Å². The molecular weight excluding hydrogens is 413 g/mol. The summed E-state index contributed by atoms with van der Waals surface area (Å²) < 4.78 is 25.2. The summed E-state index contributed by atoms with van der Waals surface area (Å²) >= 11 is 0. The number of rotatable bonds is 6. The van der Waals surface area contributed by atoms with E-state index >= 15 is 0 Å². The zero-order chi connectivity index (χ0) is 23.6. The summed E-state index contributed by atoms with van der Waals surface area (Å²) in [5, 5.41) is 19.3. The number of aliphatic hydroxyl groups is 2. The van der Waals surface area contributed by atoms with Crippen molar-refractivity contribution in [2.24, 2.45) is 0 Å². The Morgan fingerprint density at radius 2 is 1.78 bits per heavy atom. The van der Waals surface area contributed by atoms with E-state index < -0.39 is 18.5 Å². The minimum atomic E-state index is -1.22. The van der Waals surface area contributed by atoms with E-state index in [4.69, 9.17) is 9.47 Å². The molecule has 32 heavy (non-hydrogen) atoms. The topological polar surface area (TPSA) is 91.8 Å². The van der Waals surface area contributed by atoms with Gasteiger partial charge in [0.25, 0.3) is 0 Å². The van der Waals surface area contributed by atoms with Gasteiger partial charge in [0.1, 0.15) is 17.7 Å². The molecule has 1 atom stereocenters. The van der Waals surface area contributed by atoms with Crippen LogP contribution < -0.4 is 14.9 Å². The number of methoxy groups -OCH3 is 1. The van der Waals surface area contributed by atoms with Crippen molar-refractivity contribution in [2.45, 2.75) is 39.2 Å². The van der Waals surface area contributed by atoms with Gasteiger partial charge >= 0.3 is 0 Å². The maximum atomic E-state index is 13.7. The monoisotopic (exact) mass is 441 g/mol. The minimum Gasteiger partial charge on any atom is -0.493 e. The van der Waals surface area contributed by atoms with Crippen molar-refractivity contribution in [3.05, 3.63) is 75.3 Å². The van der Waals surface area contributed by atoms with E-state index in [1.165, 1.54) is 37.4 Å². The molecule has 0 aliphatic rings. The quantitative estimate of drug-likeness (QED) is 0.519. The lowest BCUT2D eigenvalue weighted by Gasteiger charge is -2.24. The molecule has 3 rings (SSSR count). The third-order valence-corrected chi connectivity index (χ3v) is 5.18. The van der Waals surface area contributed by atoms with Crippen LogP contribution in [0.1, 0.15) is 43.7 Å². The highest BCUT2D eigenvalue weighted by Crippen LogP contribution is 2.41. The molecule has 0 amide bonds. The van der Waals surface area contributed by atoms with Crippen LogP contribution in [0.25, 0.3) is 11.3 Å². The molecule has 0 saturated carbocycles. The SMILES string of the molecule is COc1cc(F)ccc1Oc1cc(C(C)(C)C)cc(C)c1-c1cc(=O)cc(C(O)CO)[nH]1. The number of hydrogen-bond acceptors (Lipinski definition) is 5. The molecule has 3 aromatic rings. The average Bonchev–Trinajstić information content (AvgIpc) is 2.72. The fourth-order valence-corrected chi connectivity index (χ4v) is 3.44. The zero-order valence-corrected chi connectivity index (χ0v) is 18.8. The standard InChI is InChI=1S/C25H28FNO5/c1-14-8-15(25(2,3)4)9-23(32-21-7-6-16(26)10-22(21)31-5)24(14)19-12-17(29)11-18(27-19)20(30)13-28/h6-12,20,28,30H,13H2,1-5H3,(H,27,29). The van der Waals surface area contributed by atoms with Gasteiger partial charge in [0, 0.05) is 23.8 Å². The van der Waals surface area contributed by atoms with E-state index in [9.17, 15) is 19.4 Å². The second-order valence-electron chi connectivity index (χ2n) is 8.70. The Kier molecular flexibility index (Phi) is 6.71. The number of hydrogen-bond donors (Lipinski definition) is 3. The molecule has 170 valence electrons. The summed E-state index contributed by atoms with van der Waals surface area (Å²) in [6.45, 7) is 7.58. The number of pyridine rings is 1. The van der Waals surface area contributed by atoms with Crippen molar-refractivity contribution in [3.63, 3.8) is 0 Å². The molecule has 0 aliphatic heterocycles. The van der Waals surface area contributed by atoms with Gasteiger partial charge < -0.3 is 24.7 Å². The third-order valence-electron chi connectivity index (χ3n) is 5.18. The first-order valence-corrected chi connectivity index (χ1v) is 10.2. The van der Waals surface area contributed by atoms with Crippen molar-refractivity contribution in [2.75, 3.05) is 13.7 Å². The van der Waals surface area contributed by atoms with Crippen molar-refractivity contribution < 1.29 is 24.1 Å². The fourth-order valence-electron chi connectivity index (χ4n) is 3.44. The van der Waals surface area contributed by atoms with Crippen molar-refractivity contribution in [1.29, 1.82) is 0 Å². The van der Waals surface area contributed by atoms with Crippen molar-refractivity contribution in [3.8, 4) is 28.5 Å². The highest BCUT2D eigenvalue weighted by molar-refractivity contribution is 5.73. The lowest BCUT2D eigenvalue weighted by molar-refractivity contribution is 0.0923. The largest absolute Gasteiger partial charge is 0.493 e. The molecule has 0 radical (unpaired) electrons. The molecule has 2 aromatic carbocycles. The normalized spacial score (nSPS) is 12.5. The Morgan fingerprint density at radius 3 is 2.41 bits per heavy atom. The van der Waals surface area contributed by atoms with Gasteiger partial charge in [0.2, 0.25) is 0 Å². The minimum absolute atomic E-state index is 0.184. The third kappa shape index (κ3) is 5.00. The Bertz CT molecular complexity index is 1180. The highest BCUT2D eigenvalue weighted by Gasteiger charge is 2.22. The number of aromatic nitrogens is 1. The van der Waals surface area contributed by atoms with Gasteiger partial charge in [0.05, 0.1) is 25.1 Å². The van der Waals surface area contributed by atoms with E-state index in [0.717, 1.165) is 11.1 Å². The number of H-pyrrole nitrogens is 1. The van der Waals surface area contributed by atoms with Crippen molar-refractivity contribution in [1.82, 2.24) is 4.98 Å². The molecule has 7 heteroatoms. The summed E-state index contributed by atoms with van der Waals surface area (Å²) in [4.78, 5) is 15.4. The molecule has 1 unspecified atom stereocenters. The van der Waals surface area contributed by atoms with E-state index in [2.05, 4.69) is 25.8 Å². The fraction of sp³-hybridized carbons (Fsp3) is 0.320. The number of aryl methyl sites for hydroxylation is 1. The highest BCUT2D eigenvalue weighted by atomic mass is 19.1. The number of aliphatic hydroxyl groups excluding tert-OH is 2. The molecule has 0 bridgehead atoms. The maximum Gasteiger partial charge on any atom is 0.182 e. The molecular formula is C25H28FNO5. The Balaban J connectivity index is 2.25. The van der Waals surface area contributed by atoms with Gasteiger partial charge in [-0.3, -0.25) is 4.79 Å². The van der Waals surface area contributed by atoms with Crippen LogP contribution in [0.4, 0.5) is 4.39 Å². The van der Waals surface area contributed by atoms with Crippen molar-refractivity contribution >= 4 is 0 Å². The molecule has 0 spiro atoms. The summed E-state index contributed by atoms with van der Waals surface area (Å²) in [6, 6.07) is 10.5. The summed E-state index contributed by atoms with van der Waals surface area (Å²) in [5.74, 6) is 0.525. The predicted octanol–water partition coefficient (Wildman–Crippen LogP) is 4.61. The molecule has 3 N–H and O–H groups in total. The zero-order valence-electron chi connectivity index (χ0n) is 18.8. The number of nitrogens with one attached hydrogen (secondary N) is 1. The van der Waals surface area contributed by atoms with Gasteiger partial charge in [0.15, 0.2) is 16.9 Å². The van der Waals surface area contributed by atoms with Crippen LogP contribution in [0.3, 0.4) is 0 Å². The summed E-state index contributed by atoms with van der Waals surface area (Å²) in [7, 11) is 1.43. The lowest BCUT2D eigenvalue weighted by Crippen LogP contribution is -2.13. The first-order chi connectivity index (χ1) is 15.0. The Hall–Kier alpha value is -3.16. The number of benzene rings is 2. The van der Waals surface area contributed by atoms with E-state index in [1.807, 2.05) is 19.1 Å². The van der Waals surface area contributed by atoms with Crippen LogP contribution in [-0.2, 0) is 5.41 Å². The molecule has 1 heterocycles. The number of halogens is 1. The molecule has 0 fully saturated rings. The maximum absolute atomic E-state index is 13.7.